The van der Waals surface area contributed by atoms with Crippen LogP contribution < -0.4 is 10.6 Å². The van der Waals surface area contributed by atoms with Crippen LogP contribution in [0.2, 0.25) is 0 Å². The Morgan fingerprint density at radius 2 is 2.05 bits per heavy atom. The second kappa shape index (κ2) is 6.83. The molecule has 1 heterocycles. The minimum atomic E-state index is 0.110. The van der Waals surface area contributed by atoms with E-state index in [-0.39, 0.29) is 11.9 Å². The quantitative estimate of drug-likeness (QED) is 0.855. The molecule has 1 atom stereocenters. The Hall–Kier alpha value is -1.43. The van der Waals surface area contributed by atoms with Crippen molar-refractivity contribution < 1.29 is 4.79 Å². The van der Waals surface area contributed by atoms with Crippen LogP contribution in [0, 0.1) is 0 Å². The minimum absolute atomic E-state index is 0.110. The number of amides is 1. The second-order valence-electron chi connectivity index (χ2n) is 5.41. The summed E-state index contributed by atoms with van der Waals surface area (Å²) in [4.78, 5) is 18.6. The molecule has 1 amide bonds. The average molecular weight is 276 g/mol. The van der Waals surface area contributed by atoms with Gasteiger partial charge in [-0.1, -0.05) is 18.2 Å². The maximum Gasteiger partial charge on any atom is 0.240 e. The van der Waals surface area contributed by atoms with Crippen LogP contribution in [0.1, 0.15) is 0 Å². The van der Waals surface area contributed by atoms with E-state index >= 15 is 0 Å². The number of anilines is 1. The van der Waals surface area contributed by atoms with Gasteiger partial charge in [0.05, 0.1) is 6.54 Å². The number of benzene rings is 1. The first-order chi connectivity index (χ1) is 9.61. The molecule has 2 rings (SSSR count). The van der Waals surface area contributed by atoms with Crippen LogP contribution in [-0.4, -0.2) is 68.6 Å². The van der Waals surface area contributed by atoms with Gasteiger partial charge < -0.3 is 15.5 Å². The molecule has 1 unspecified atom stereocenters. The van der Waals surface area contributed by atoms with Crippen molar-refractivity contribution >= 4 is 11.6 Å². The summed E-state index contributed by atoms with van der Waals surface area (Å²) in [5.74, 6) is 0.110. The van der Waals surface area contributed by atoms with Crippen LogP contribution in [-0.2, 0) is 4.79 Å². The molecule has 1 aliphatic rings. The number of piperazine rings is 1. The normalized spacial score (nSPS) is 20.9. The highest BCUT2D eigenvalue weighted by Gasteiger charge is 2.26. The zero-order valence-electron chi connectivity index (χ0n) is 12.3. The summed E-state index contributed by atoms with van der Waals surface area (Å²) < 4.78 is 0. The van der Waals surface area contributed by atoms with Crippen molar-refractivity contribution in [3.63, 3.8) is 0 Å². The van der Waals surface area contributed by atoms with Gasteiger partial charge in [-0.3, -0.25) is 9.69 Å². The number of para-hydroxylation sites is 1. The average Bonchev–Trinajstić information content (AvgIpc) is 2.49. The van der Waals surface area contributed by atoms with Crippen LogP contribution in [0.15, 0.2) is 30.3 Å². The van der Waals surface area contributed by atoms with E-state index in [0.717, 1.165) is 25.3 Å². The first-order valence-corrected chi connectivity index (χ1v) is 7.06. The fourth-order valence-corrected chi connectivity index (χ4v) is 2.56. The van der Waals surface area contributed by atoms with Crippen LogP contribution in [0.4, 0.5) is 5.69 Å². The van der Waals surface area contributed by atoms with Gasteiger partial charge in [0.1, 0.15) is 0 Å². The van der Waals surface area contributed by atoms with E-state index in [0.29, 0.717) is 13.1 Å². The number of hydrogen-bond donors (Lipinski definition) is 1. The van der Waals surface area contributed by atoms with Crippen LogP contribution in [0.5, 0.6) is 0 Å². The third-order valence-electron chi connectivity index (χ3n) is 3.94. The lowest BCUT2D eigenvalue weighted by atomic mass is 10.1. The first kappa shape index (κ1) is 15.0. The molecular formula is C15H24N4O. The van der Waals surface area contributed by atoms with Crippen molar-refractivity contribution in [1.29, 1.82) is 0 Å². The molecular weight excluding hydrogens is 252 g/mol. The van der Waals surface area contributed by atoms with Gasteiger partial charge in [0.15, 0.2) is 0 Å². The number of carbonyl (C=O) groups excluding carboxylic acids is 1. The lowest BCUT2D eigenvalue weighted by Crippen LogP contribution is -2.57. The number of rotatable bonds is 4. The van der Waals surface area contributed by atoms with Gasteiger partial charge in [-0.15, -0.1) is 0 Å². The molecule has 1 saturated heterocycles. The molecule has 0 aromatic heterocycles. The van der Waals surface area contributed by atoms with E-state index in [1.165, 1.54) is 0 Å². The summed E-state index contributed by atoms with van der Waals surface area (Å²) in [6, 6.07) is 9.99. The Kier molecular flexibility index (Phi) is 5.11. The summed E-state index contributed by atoms with van der Waals surface area (Å²) >= 11 is 0. The van der Waals surface area contributed by atoms with Crippen molar-refractivity contribution in [3.05, 3.63) is 30.3 Å². The summed E-state index contributed by atoms with van der Waals surface area (Å²) in [7, 11) is 3.92. The monoisotopic (exact) mass is 276 g/mol. The zero-order chi connectivity index (χ0) is 14.5. The Bertz CT molecular complexity index is 437. The number of nitrogens with two attached hydrogens (primary N) is 1. The predicted octanol–water partition coefficient (Wildman–Crippen LogP) is 0.224. The van der Waals surface area contributed by atoms with E-state index in [1.807, 2.05) is 37.4 Å². The summed E-state index contributed by atoms with van der Waals surface area (Å²) in [5, 5.41) is 0. The minimum Gasteiger partial charge on any atom is -0.329 e. The SMILES string of the molecule is CN1CCN(CC(=O)N(C)c2ccccc2)C(CN)C1. The molecule has 20 heavy (non-hydrogen) atoms. The zero-order valence-corrected chi connectivity index (χ0v) is 12.3. The number of carbonyl (C=O) groups is 1. The molecule has 5 heteroatoms. The standard InChI is InChI=1S/C15H24N4O/c1-17-8-9-19(14(10-16)11-17)12-15(20)18(2)13-6-4-3-5-7-13/h3-7,14H,8-12,16H2,1-2H3. The van der Waals surface area contributed by atoms with Gasteiger partial charge >= 0.3 is 0 Å². The summed E-state index contributed by atoms with van der Waals surface area (Å²) in [6.07, 6.45) is 0. The van der Waals surface area contributed by atoms with Gasteiger partial charge in [-0.2, -0.15) is 0 Å². The van der Waals surface area contributed by atoms with E-state index in [9.17, 15) is 4.79 Å². The molecule has 1 aromatic rings. The molecule has 0 spiro atoms. The molecule has 2 N–H and O–H groups in total. The maximum atomic E-state index is 12.4. The van der Waals surface area contributed by atoms with Gasteiger partial charge in [0.2, 0.25) is 5.91 Å². The maximum absolute atomic E-state index is 12.4. The lowest BCUT2D eigenvalue weighted by molar-refractivity contribution is -0.120. The molecule has 1 aromatic carbocycles. The second-order valence-corrected chi connectivity index (χ2v) is 5.41. The molecule has 5 nitrogen and oxygen atoms in total. The highest BCUT2D eigenvalue weighted by molar-refractivity contribution is 5.94. The fourth-order valence-electron chi connectivity index (χ4n) is 2.56. The third-order valence-corrected chi connectivity index (χ3v) is 3.94. The van der Waals surface area contributed by atoms with Crippen molar-refractivity contribution in [2.24, 2.45) is 5.73 Å². The predicted molar refractivity (Wildman–Crippen MR) is 81.8 cm³/mol. The lowest BCUT2D eigenvalue weighted by Gasteiger charge is -2.39. The topological polar surface area (TPSA) is 52.8 Å². The van der Waals surface area contributed by atoms with Crippen molar-refractivity contribution in [2.45, 2.75) is 6.04 Å². The van der Waals surface area contributed by atoms with Gasteiger partial charge in [-0.05, 0) is 19.2 Å². The van der Waals surface area contributed by atoms with Crippen LogP contribution in [0.25, 0.3) is 0 Å². The van der Waals surface area contributed by atoms with Crippen molar-refractivity contribution in [1.82, 2.24) is 9.80 Å². The molecule has 0 bridgehead atoms. The summed E-state index contributed by atoms with van der Waals surface area (Å²) in [5.41, 5.74) is 6.75. The van der Waals surface area contributed by atoms with Gasteiger partial charge in [0.25, 0.3) is 0 Å². The molecule has 1 aliphatic heterocycles. The Labute approximate surface area is 120 Å². The van der Waals surface area contributed by atoms with E-state index in [2.05, 4.69) is 16.8 Å². The van der Waals surface area contributed by atoms with Gasteiger partial charge in [-0.25, -0.2) is 0 Å². The number of nitrogens with zero attached hydrogens (tertiary/aromatic N) is 3. The molecule has 0 aliphatic carbocycles. The summed E-state index contributed by atoms with van der Waals surface area (Å²) in [6.45, 7) is 3.83. The smallest absolute Gasteiger partial charge is 0.240 e. The molecule has 0 saturated carbocycles. The highest BCUT2D eigenvalue weighted by Crippen LogP contribution is 2.13. The van der Waals surface area contributed by atoms with Crippen LogP contribution >= 0.6 is 0 Å². The van der Waals surface area contributed by atoms with E-state index in [1.54, 1.807) is 4.90 Å². The first-order valence-electron chi connectivity index (χ1n) is 7.06. The highest BCUT2D eigenvalue weighted by atomic mass is 16.2. The Morgan fingerprint density at radius 3 is 2.70 bits per heavy atom. The van der Waals surface area contributed by atoms with E-state index in [4.69, 9.17) is 5.73 Å². The number of likely N-dealkylation sites (N-methyl/N-ethyl adjacent to an activating group) is 2. The molecule has 110 valence electrons. The van der Waals surface area contributed by atoms with Crippen LogP contribution in [0.3, 0.4) is 0 Å². The Balaban J connectivity index is 1.97. The third kappa shape index (κ3) is 3.56. The molecule has 1 fully saturated rings. The fraction of sp³-hybridized carbons (Fsp3) is 0.533. The van der Waals surface area contributed by atoms with Gasteiger partial charge in [0, 0.05) is 45.0 Å². The largest absolute Gasteiger partial charge is 0.329 e. The van der Waals surface area contributed by atoms with E-state index < -0.39 is 0 Å². The van der Waals surface area contributed by atoms with Crippen molar-refractivity contribution in [2.75, 3.05) is 51.7 Å². The van der Waals surface area contributed by atoms with Crippen molar-refractivity contribution in [3.8, 4) is 0 Å². The molecule has 0 radical (unpaired) electrons. The Morgan fingerprint density at radius 1 is 1.35 bits per heavy atom. The number of hydrogen-bond acceptors (Lipinski definition) is 4.